The van der Waals surface area contributed by atoms with E-state index >= 15 is 0 Å². The van der Waals surface area contributed by atoms with Gasteiger partial charge in [0.25, 0.3) is 0 Å². The standard InChI is InChI=1S/C6H7BrOS2/c7-5-1-2-6(10-5)9-4-3-8/h1-2,8H,3-4H2. The van der Waals surface area contributed by atoms with E-state index in [1.54, 1.807) is 23.1 Å². The Labute approximate surface area is 76.6 Å². The van der Waals surface area contributed by atoms with Gasteiger partial charge in [-0.25, -0.2) is 0 Å². The van der Waals surface area contributed by atoms with E-state index < -0.39 is 0 Å². The van der Waals surface area contributed by atoms with E-state index in [2.05, 4.69) is 22.0 Å². The Bertz CT molecular complexity index is 199. The number of hydrogen-bond donors (Lipinski definition) is 1. The molecule has 0 radical (unpaired) electrons. The molecule has 0 aromatic carbocycles. The summed E-state index contributed by atoms with van der Waals surface area (Å²) in [5, 5.41) is 8.51. The maximum absolute atomic E-state index is 8.51. The molecule has 1 heterocycles. The van der Waals surface area contributed by atoms with Crippen LogP contribution in [-0.4, -0.2) is 17.5 Å². The van der Waals surface area contributed by atoms with Crippen LogP contribution >= 0.6 is 39.0 Å². The third kappa shape index (κ3) is 2.62. The molecule has 1 aromatic heterocycles. The van der Waals surface area contributed by atoms with Gasteiger partial charge in [-0.2, -0.15) is 0 Å². The fraction of sp³-hybridized carbons (Fsp3) is 0.333. The predicted molar refractivity (Wildman–Crippen MR) is 49.8 cm³/mol. The van der Waals surface area contributed by atoms with Crippen molar-refractivity contribution >= 4 is 39.0 Å². The molecule has 0 atom stereocenters. The van der Waals surface area contributed by atoms with Gasteiger partial charge in [0.1, 0.15) is 0 Å². The fourth-order valence-electron chi connectivity index (χ4n) is 0.522. The highest BCUT2D eigenvalue weighted by molar-refractivity contribution is 9.11. The summed E-state index contributed by atoms with van der Waals surface area (Å²) < 4.78 is 2.40. The SMILES string of the molecule is OCCSc1ccc(Br)s1. The lowest BCUT2D eigenvalue weighted by atomic mass is 10.7. The molecule has 0 aliphatic heterocycles. The molecule has 0 aliphatic carbocycles. The summed E-state index contributed by atoms with van der Waals surface area (Å²) in [5.41, 5.74) is 0. The summed E-state index contributed by atoms with van der Waals surface area (Å²) in [5.74, 6) is 0.785. The summed E-state index contributed by atoms with van der Waals surface area (Å²) in [6.45, 7) is 0.250. The highest BCUT2D eigenvalue weighted by Gasteiger charge is 1.95. The van der Waals surface area contributed by atoms with Gasteiger partial charge in [0, 0.05) is 5.75 Å². The molecule has 0 spiro atoms. The Morgan fingerprint density at radius 3 is 2.90 bits per heavy atom. The molecule has 1 N–H and O–H groups in total. The third-order valence-electron chi connectivity index (χ3n) is 0.884. The largest absolute Gasteiger partial charge is 0.396 e. The molecule has 0 bridgehead atoms. The highest BCUT2D eigenvalue weighted by atomic mass is 79.9. The zero-order chi connectivity index (χ0) is 7.40. The quantitative estimate of drug-likeness (QED) is 0.818. The van der Waals surface area contributed by atoms with E-state index in [4.69, 9.17) is 5.11 Å². The topological polar surface area (TPSA) is 20.2 Å². The van der Waals surface area contributed by atoms with Crippen LogP contribution in [0.2, 0.25) is 0 Å². The summed E-state index contributed by atoms with van der Waals surface area (Å²) in [7, 11) is 0. The minimum atomic E-state index is 0.250. The van der Waals surface area contributed by atoms with Gasteiger partial charge in [0.05, 0.1) is 14.6 Å². The number of halogens is 1. The summed E-state index contributed by atoms with van der Waals surface area (Å²) in [4.78, 5) is 0. The van der Waals surface area contributed by atoms with Crippen LogP contribution in [0.4, 0.5) is 0 Å². The zero-order valence-electron chi connectivity index (χ0n) is 5.21. The van der Waals surface area contributed by atoms with Crippen LogP contribution in [0.5, 0.6) is 0 Å². The lowest BCUT2D eigenvalue weighted by molar-refractivity contribution is 0.322. The second kappa shape index (κ2) is 4.38. The smallest absolute Gasteiger partial charge is 0.0710 e. The molecule has 1 rings (SSSR count). The van der Waals surface area contributed by atoms with Crippen molar-refractivity contribution in [3.8, 4) is 0 Å². The number of thioether (sulfide) groups is 1. The Morgan fingerprint density at radius 2 is 2.40 bits per heavy atom. The molecule has 0 aliphatic rings. The minimum Gasteiger partial charge on any atom is -0.396 e. The first-order valence-electron chi connectivity index (χ1n) is 2.82. The van der Waals surface area contributed by atoms with Gasteiger partial charge in [-0.15, -0.1) is 23.1 Å². The second-order valence-corrected chi connectivity index (χ2v) is 5.49. The van der Waals surface area contributed by atoms with Crippen molar-refractivity contribution in [3.05, 3.63) is 15.9 Å². The van der Waals surface area contributed by atoms with Crippen molar-refractivity contribution in [2.75, 3.05) is 12.4 Å². The van der Waals surface area contributed by atoms with Crippen LogP contribution in [-0.2, 0) is 0 Å². The second-order valence-electron chi connectivity index (χ2n) is 1.63. The van der Waals surface area contributed by atoms with E-state index in [1.165, 1.54) is 4.21 Å². The van der Waals surface area contributed by atoms with Gasteiger partial charge in [-0.3, -0.25) is 0 Å². The predicted octanol–water partition coefficient (Wildman–Crippen LogP) is 2.60. The third-order valence-corrected chi connectivity index (χ3v) is 3.71. The molecular weight excluding hydrogens is 232 g/mol. The minimum absolute atomic E-state index is 0.250. The molecule has 0 unspecified atom stereocenters. The van der Waals surface area contributed by atoms with Gasteiger partial charge in [0.2, 0.25) is 0 Å². The molecule has 4 heteroatoms. The van der Waals surface area contributed by atoms with Gasteiger partial charge < -0.3 is 5.11 Å². The van der Waals surface area contributed by atoms with Crippen molar-refractivity contribution in [2.45, 2.75) is 4.21 Å². The van der Waals surface area contributed by atoms with Gasteiger partial charge in [-0.05, 0) is 28.1 Å². The van der Waals surface area contributed by atoms with Crippen LogP contribution in [0.1, 0.15) is 0 Å². The van der Waals surface area contributed by atoms with Crippen molar-refractivity contribution in [3.63, 3.8) is 0 Å². The van der Waals surface area contributed by atoms with E-state index in [-0.39, 0.29) is 6.61 Å². The van der Waals surface area contributed by atoms with Crippen molar-refractivity contribution < 1.29 is 5.11 Å². The number of rotatable bonds is 3. The van der Waals surface area contributed by atoms with E-state index in [9.17, 15) is 0 Å². The van der Waals surface area contributed by atoms with Crippen molar-refractivity contribution in [1.29, 1.82) is 0 Å². The van der Waals surface area contributed by atoms with Crippen molar-refractivity contribution in [2.24, 2.45) is 0 Å². The van der Waals surface area contributed by atoms with Gasteiger partial charge in [-0.1, -0.05) is 0 Å². The first-order chi connectivity index (χ1) is 4.83. The van der Waals surface area contributed by atoms with E-state index in [0.29, 0.717) is 0 Å². The number of thiophene rings is 1. The Kier molecular flexibility index (Phi) is 3.76. The average molecular weight is 239 g/mol. The molecular formula is C6H7BrOS2. The molecule has 1 aromatic rings. The van der Waals surface area contributed by atoms with Crippen LogP contribution in [0.25, 0.3) is 0 Å². The van der Waals surface area contributed by atoms with Gasteiger partial charge in [0.15, 0.2) is 0 Å². The van der Waals surface area contributed by atoms with Gasteiger partial charge >= 0.3 is 0 Å². The first kappa shape index (κ1) is 8.59. The number of aliphatic hydroxyl groups is 1. The molecule has 1 nitrogen and oxygen atoms in total. The molecule has 56 valence electrons. The van der Waals surface area contributed by atoms with Crippen LogP contribution in [0.15, 0.2) is 20.1 Å². The molecule has 0 saturated carbocycles. The van der Waals surface area contributed by atoms with E-state index in [1.807, 2.05) is 6.07 Å². The van der Waals surface area contributed by atoms with Crippen molar-refractivity contribution in [1.82, 2.24) is 0 Å². The fourth-order valence-corrected chi connectivity index (χ4v) is 3.17. The molecule has 0 amide bonds. The maximum atomic E-state index is 8.51. The lowest BCUT2D eigenvalue weighted by Crippen LogP contribution is -1.82. The van der Waals surface area contributed by atoms with E-state index in [0.717, 1.165) is 9.54 Å². The van der Waals surface area contributed by atoms with Crippen LogP contribution in [0, 0.1) is 0 Å². The summed E-state index contributed by atoms with van der Waals surface area (Å²) in [6, 6.07) is 4.07. The maximum Gasteiger partial charge on any atom is 0.0710 e. The molecule has 0 saturated heterocycles. The summed E-state index contributed by atoms with van der Waals surface area (Å²) >= 11 is 6.74. The Morgan fingerprint density at radius 1 is 1.60 bits per heavy atom. The van der Waals surface area contributed by atoms with Crippen LogP contribution in [0.3, 0.4) is 0 Å². The zero-order valence-corrected chi connectivity index (χ0v) is 8.43. The summed E-state index contributed by atoms with van der Waals surface area (Å²) in [6.07, 6.45) is 0. The lowest BCUT2D eigenvalue weighted by Gasteiger charge is -1.90. The highest BCUT2D eigenvalue weighted by Crippen LogP contribution is 2.29. The first-order valence-corrected chi connectivity index (χ1v) is 5.41. The number of aliphatic hydroxyl groups excluding tert-OH is 1. The monoisotopic (exact) mass is 238 g/mol. The molecule has 0 fully saturated rings. The van der Waals surface area contributed by atoms with Crippen LogP contribution < -0.4 is 0 Å². The Balaban J connectivity index is 2.42. The number of hydrogen-bond acceptors (Lipinski definition) is 3. The normalized spacial score (nSPS) is 10.2. The Hall–Kier alpha value is 0.490. The average Bonchev–Trinajstić information content (AvgIpc) is 2.31. The molecule has 10 heavy (non-hydrogen) atoms.